The van der Waals surface area contributed by atoms with Crippen LogP contribution in [0.5, 0.6) is 11.5 Å². The van der Waals surface area contributed by atoms with Crippen LogP contribution in [-0.2, 0) is 16.0 Å². The molecule has 0 unspecified atom stereocenters. The Bertz CT molecular complexity index is 755. The fourth-order valence-corrected chi connectivity index (χ4v) is 2.41. The van der Waals surface area contributed by atoms with Crippen LogP contribution < -0.4 is 14.8 Å². The highest BCUT2D eigenvalue weighted by Gasteiger charge is 2.07. The Morgan fingerprint density at radius 2 is 1.85 bits per heavy atom. The number of hydrogen-bond donors (Lipinski definition) is 2. The minimum Gasteiger partial charge on any atom is -0.496 e. The van der Waals surface area contributed by atoms with E-state index in [1.165, 1.54) is 0 Å². The topological polar surface area (TPSA) is 84.9 Å². The van der Waals surface area contributed by atoms with Crippen LogP contribution in [0, 0.1) is 6.92 Å². The third kappa shape index (κ3) is 6.12. The third-order valence-electron chi connectivity index (χ3n) is 3.78. The molecule has 0 atom stereocenters. The van der Waals surface area contributed by atoms with Crippen molar-refractivity contribution in [1.29, 1.82) is 0 Å². The van der Waals surface area contributed by atoms with Gasteiger partial charge in [-0.15, -0.1) is 0 Å². The first-order valence-electron chi connectivity index (χ1n) is 8.36. The van der Waals surface area contributed by atoms with E-state index in [0.717, 1.165) is 16.9 Å². The van der Waals surface area contributed by atoms with Gasteiger partial charge >= 0.3 is 5.97 Å². The Labute approximate surface area is 152 Å². The summed E-state index contributed by atoms with van der Waals surface area (Å²) >= 11 is 0. The molecule has 2 aromatic rings. The number of anilines is 1. The highest BCUT2D eigenvalue weighted by molar-refractivity contribution is 5.92. The van der Waals surface area contributed by atoms with E-state index in [1.807, 2.05) is 25.1 Å². The van der Waals surface area contributed by atoms with Crippen LogP contribution in [0.4, 0.5) is 5.69 Å². The Morgan fingerprint density at radius 1 is 1.12 bits per heavy atom. The van der Waals surface area contributed by atoms with Crippen molar-refractivity contribution in [2.75, 3.05) is 19.0 Å². The number of nitrogens with one attached hydrogen (secondary N) is 1. The Balaban J connectivity index is 1.84. The van der Waals surface area contributed by atoms with Gasteiger partial charge in [0.15, 0.2) is 0 Å². The van der Waals surface area contributed by atoms with Crippen molar-refractivity contribution in [3.63, 3.8) is 0 Å². The highest BCUT2D eigenvalue weighted by Crippen LogP contribution is 2.20. The standard InChI is InChI=1S/C20H23NO5/c1-14-5-6-15(12-18(14)25-2)13-19(22)21-16-7-9-17(10-8-16)26-11-3-4-20(23)24/h5-10,12H,3-4,11,13H2,1-2H3,(H,21,22)(H,23,24). The van der Waals surface area contributed by atoms with Crippen LogP contribution in [0.1, 0.15) is 24.0 Å². The quantitative estimate of drug-likeness (QED) is 0.672. The molecule has 2 aromatic carbocycles. The predicted molar refractivity (Wildman–Crippen MR) is 98.9 cm³/mol. The van der Waals surface area contributed by atoms with Crippen LogP contribution in [0.25, 0.3) is 0 Å². The van der Waals surface area contributed by atoms with Gasteiger partial charge in [-0.25, -0.2) is 0 Å². The third-order valence-corrected chi connectivity index (χ3v) is 3.78. The number of carboxylic acid groups (broad SMARTS) is 1. The number of amides is 1. The van der Waals surface area contributed by atoms with Gasteiger partial charge in [0.2, 0.25) is 5.91 Å². The van der Waals surface area contributed by atoms with E-state index in [9.17, 15) is 9.59 Å². The second kappa shape index (κ2) is 9.46. The van der Waals surface area contributed by atoms with E-state index in [1.54, 1.807) is 31.4 Å². The maximum atomic E-state index is 12.2. The Hall–Kier alpha value is -3.02. The molecule has 6 nitrogen and oxygen atoms in total. The summed E-state index contributed by atoms with van der Waals surface area (Å²) in [5, 5.41) is 11.4. The van der Waals surface area contributed by atoms with Crippen molar-refractivity contribution in [3.8, 4) is 11.5 Å². The molecule has 1 amide bonds. The van der Waals surface area contributed by atoms with Gasteiger partial charge in [-0.1, -0.05) is 12.1 Å². The van der Waals surface area contributed by atoms with Gasteiger partial charge in [-0.2, -0.15) is 0 Å². The van der Waals surface area contributed by atoms with Crippen molar-refractivity contribution >= 4 is 17.6 Å². The molecule has 0 bridgehead atoms. The second-order valence-electron chi connectivity index (χ2n) is 5.90. The van der Waals surface area contributed by atoms with Crippen molar-refractivity contribution in [3.05, 3.63) is 53.6 Å². The van der Waals surface area contributed by atoms with Gasteiger partial charge in [-0.05, 0) is 54.8 Å². The van der Waals surface area contributed by atoms with Crippen molar-refractivity contribution in [1.82, 2.24) is 0 Å². The lowest BCUT2D eigenvalue weighted by Crippen LogP contribution is -2.14. The van der Waals surface area contributed by atoms with Gasteiger partial charge in [0.05, 0.1) is 20.1 Å². The van der Waals surface area contributed by atoms with Crippen LogP contribution >= 0.6 is 0 Å². The number of carboxylic acids is 1. The van der Waals surface area contributed by atoms with E-state index in [-0.39, 0.29) is 18.7 Å². The molecule has 2 N–H and O–H groups in total. The summed E-state index contributed by atoms with van der Waals surface area (Å²) in [6, 6.07) is 12.7. The summed E-state index contributed by atoms with van der Waals surface area (Å²) in [5.74, 6) is 0.445. The smallest absolute Gasteiger partial charge is 0.303 e. The summed E-state index contributed by atoms with van der Waals surface area (Å²) in [5.41, 5.74) is 2.57. The zero-order valence-corrected chi connectivity index (χ0v) is 15.0. The lowest BCUT2D eigenvalue weighted by atomic mass is 10.1. The van der Waals surface area contributed by atoms with E-state index < -0.39 is 5.97 Å². The summed E-state index contributed by atoms with van der Waals surface area (Å²) in [4.78, 5) is 22.6. The summed E-state index contributed by atoms with van der Waals surface area (Å²) in [6.07, 6.45) is 0.788. The van der Waals surface area contributed by atoms with Gasteiger partial charge in [0.1, 0.15) is 11.5 Å². The Morgan fingerprint density at radius 3 is 2.50 bits per heavy atom. The molecule has 0 aromatic heterocycles. The normalized spacial score (nSPS) is 10.2. The molecule has 0 fully saturated rings. The largest absolute Gasteiger partial charge is 0.496 e. The van der Waals surface area contributed by atoms with Gasteiger partial charge in [-0.3, -0.25) is 9.59 Å². The van der Waals surface area contributed by atoms with Crippen molar-refractivity contribution < 1.29 is 24.2 Å². The van der Waals surface area contributed by atoms with E-state index >= 15 is 0 Å². The first-order chi connectivity index (χ1) is 12.5. The molecule has 2 rings (SSSR count). The zero-order valence-electron chi connectivity index (χ0n) is 15.0. The summed E-state index contributed by atoms with van der Waals surface area (Å²) < 4.78 is 10.7. The van der Waals surface area contributed by atoms with Crippen molar-refractivity contribution in [2.24, 2.45) is 0 Å². The monoisotopic (exact) mass is 357 g/mol. The molecule has 0 aliphatic rings. The molecular weight excluding hydrogens is 334 g/mol. The highest BCUT2D eigenvalue weighted by atomic mass is 16.5. The molecule has 0 radical (unpaired) electrons. The average Bonchev–Trinajstić information content (AvgIpc) is 2.61. The molecule has 0 spiro atoms. The van der Waals surface area contributed by atoms with Crippen LogP contribution in [-0.4, -0.2) is 30.7 Å². The lowest BCUT2D eigenvalue weighted by molar-refractivity contribution is -0.137. The van der Waals surface area contributed by atoms with Crippen LogP contribution in [0.15, 0.2) is 42.5 Å². The minimum atomic E-state index is -0.835. The summed E-state index contributed by atoms with van der Waals surface area (Å²) in [7, 11) is 1.61. The van der Waals surface area contributed by atoms with E-state index in [0.29, 0.717) is 24.5 Å². The maximum Gasteiger partial charge on any atom is 0.303 e. The number of carbonyl (C=O) groups is 2. The number of hydrogen-bond acceptors (Lipinski definition) is 4. The molecule has 0 aliphatic heterocycles. The summed E-state index contributed by atoms with van der Waals surface area (Å²) in [6.45, 7) is 2.29. The van der Waals surface area contributed by atoms with Crippen molar-refractivity contribution in [2.45, 2.75) is 26.2 Å². The number of benzene rings is 2. The molecule has 0 heterocycles. The zero-order chi connectivity index (χ0) is 18.9. The van der Waals surface area contributed by atoms with Gasteiger partial charge in [0, 0.05) is 12.1 Å². The molecule has 0 saturated carbocycles. The average molecular weight is 357 g/mol. The number of aryl methyl sites for hydroxylation is 1. The van der Waals surface area contributed by atoms with Gasteiger partial charge in [0.25, 0.3) is 0 Å². The molecular formula is C20H23NO5. The number of carbonyl (C=O) groups excluding carboxylic acids is 1. The number of aliphatic carboxylic acids is 1. The van der Waals surface area contributed by atoms with Gasteiger partial charge < -0.3 is 19.9 Å². The SMILES string of the molecule is COc1cc(CC(=O)Nc2ccc(OCCCC(=O)O)cc2)ccc1C. The molecule has 6 heteroatoms. The molecule has 0 saturated heterocycles. The first-order valence-corrected chi connectivity index (χ1v) is 8.36. The lowest BCUT2D eigenvalue weighted by Gasteiger charge is -2.09. The minimum absolute atomic E-state index is 0.0813. The molecule has 0 aliphatic carbocycles. The predicted octanol–water partition coefficient (Wildman–Crippen LogP) is 3.43. The van der Waals surface area contributed by atoms with Crippen LogP contribution in [0.3, 0.4) is 0 Å². The molecule has 26 heavy (non-hydrogen) atoms. The number of rotatable bonds is 9. The van der Waals surface area contributed by atoms with E-state index in [4.69, 9.17) is 14.6 Å². The molecule has 138 valence electrons. The second-order valence-corrected chi connectivity index (χ2v) is 5.90. The van der Waals surface area contributed by atoms with Crippen LogP contribution in [0.2, 0.25) is 0 Å². The maximum absolute atomic E-state index is 12.2. The number of ether oxygens (including phenoxy) is 2. The Kier molecular flexibility index (Phi) is 7.02. The number of methoxy groups -OCH3 is 1. The van der Waals surface area contributed by atoms with E-state index in [2.05, 4.69) is 5.32 Å². The fourth-order valence-electron chi connectivity index (χ4n) is 2.41. The fraction of sp³-hybridized carbons (Fsp3) is 0.300. The first kappa shape index (κ1) is 19.3.